The summed E-state index contributed by atoms with van der Waals surface area (Å²) in [6.45, 7) is 3.99. The first-order valence-electron chi connectivity index (χ1n) is 6.68. The maximum Gasteiger partial charge on any atom is 0.538 e. The summed E-state index contributed by atoms with van der Waals surface area (Å²) in [6, 6.07) is 6.81. The number of hydrogen-bond acceptors (Lipinski definition) is 5. The van der Waals surface area contributed by atoms with Gasteiger partial charge in [-0.3, -0.25) is 4.90 Å². The second-order valence-corrected chi connectivity index (χ2v) is 7.31. The Bertz CT molecular complexity index is 483. The Morgan fingerprint density at radius 3 is 2.15 bits per heavy atom. The van der Waals surface area contributed by atoms with Gasteiger partial charge in [-0.25, -0.2) is 4.79 Å². The molecule has 2 bridgehead atoms. The molecule has 20 heavy (non-hydrogen) atoms. The average Bonchev–Trinajstić information content (AvgIpc) is 2.37. The summed E-state index contributed by atoms with van der Waals surface area (Å²) in [5.74, 6) is -0.982. The van der Waals surface area contributed by atoms with E-state index in [4.69, 9.17) is 13.3 Å². The van der Waals surface area contributed by atoms with Gasteiger partial charge in [0.15, 0.2) is 0 Å². The lowest BCUT2D eigenvalue weighted by Crippen LogP contribution is -2.63. The molecule has 3 heterocycles. The molecule has 4 rings (SSSR count). The molecule has 1 N–H and O–H groups in total. The Kier molecular flexibility index (Phi) is 3.86. The first kappa shape index (κ1) is 13.7. The first-order valence-corrected chi connectivity index (χ1v) is 8.41. The van der Waals surface area contributed by atoms with Gasteiger partial charge in [0, 0.05) is 24.8 Å². The summed E-state index contributed by atoms with van der Waals surface area (Å²) in [4.78, 5) is 13.6. The molecule has 1 aromatic carbocycles. The van der Waals surface area contributed by atoms with Gasteiger partial charge in [-0.15, -0.1) is 0 Å². The van der Waals surface area contributed by atoms with Gasteiger partial charge >= 0.3 is 14.8 Å². The number of fused-ring (bicyclic) bond motifs is 6. The van der Waals surface area contributed by atoms with Gasteiger partial charge in [0.25, 0.3) is 0 Å². The number of carboxylic acids is 1. The Morgan fingerprint density at radius 2 is 1.60 bits per heavy atom. The molecule has 0 radical (unpaired) electrons. The fourth-order valence-electron chi connectivity index (χ4n) is 2.56. The highest BCUT2D eigenvalue weighted by molar-refractivity contribution is 6.76. The summed E-state index contributed by atoms with van der Waals surface area (Å²) in [5.41, 5.74) is 0.206. The number of rotatable bonds is 2. The van der Waals surface area contributed by atoms with Gasteiger partial charge < -0.3 is 18.4 Å². The standard InChI is InChI=1S/C13H17NO5Si/c15-13(16)11-3-1-2-4-12(11)20-17-8-5-14(6-9-18-20)7-10-19-20/h1-4H,5-10H2,(H,15,16). The third-order valence-corrected chi connectivity index (χ3v) is 6.43. The minimum atomic E-state index is -3.12. The molecule has 6 nitrogen and oxygen atoms in total. The second kappa shape index (κ2) is 5.62. The molecule has 3 fully saturated rings. The predicted octanol–water partition coefficient (Wildman–Crippen LogP) is -0.0903. The molecule has 0 atom stereocenters. The number of hydrogen-bond donors (Lipinski definition) is 1. The van der Waals surface area contributed by atoms with Gasteiger partial charge in [-0.05, 0) is 6.07 Å². The fraction of sp³-hybridized carbons (Fsp3) is 0.462. The Labute approximate surface area is 118 Å². The van der Waals surface area contributed by atoms with Gasteiger partial charge in [0.2, 0.25) is 0 Å². The van der Waals surface area contributed by atoms with E-state index in [0.717, 1.165) is 19.6 Å². The number of benzene rings is 1. The lowest BCUT2D eigenvalue weighted by Gasteiger charge is -2.38. The Hall–Kier alpha value is -1.25. The highest BCUT2D eigenvalue weighted by Gasteiger charge is 2.48. The topological polar surface area (TPSA) is 68.2 Å². The van der Waals surface area contributed by atoms with E-state index in [-0.39, 0.29) is 5.56 Å². The SMILES string of the molecule is O=C(O)c1ccccc1[Si]12OCCN(CCO1)CCO2. The fourth-order valence-corrected chi connectivity index (χ4v) is 5.17. The van der Waals surface area contributed by atoms with Crippen LogP contribution in [0.15, 0.2) is 24.3 Å². The molecule has 1 aromatic rings. The van der Waals surface area contributed by atoms with Crippen LogP contribution in [-0.4, -0.2) is 64.2 Å². The van der Waals surface area contributed by atoms with Crippen molar-refractivity contribution in [1.82, 2.24) is 4.90 Å². The molecule has 7 heteroatoms. The third kappa shape index (κ3) is 2.50. The van der Waals surface area contributed by atoms with Gasteiger partial charge in [0.1, 0.15) is 0 Å². The normalized spacial score (nSPS) is 30.3. The van der Waals surface area contributed by atoms with E-state index >= 15 is 0 Å². The number of aromatic carboxylic acids is 1. The van der Waals surface area contributed by atoms with Crippen LogP contribution in [0, 0.1) is 0 Å². The van der Waals surface area contributed by atoms with Crippen molar-refractivity contribution in [3.05, 3.63) is 29.8 Å². The van der Waals surface area contributed by atoms with Crippen molar-refractivity contribution in [2.24, 2.45) is 0 Å². The molecule has 0 aliphatic carbocycles. The predicted molar refractivity (Wildman–Crippen MR) is 73.1 cm³/mol. The molecule has 3 aliphatic rings. The van der Waals surface area contributed by atoms with E-state index in [1.165, 1.54) is 0 Å². The number of carboxylic acid groups (broad SMARTS) is 1. The van der Waals surface area contributed by atoms with Crippen LogP contribution >= 0.6 is 0 Å². The zero-order chi connectivity index (χ0) is 14.0. The van der Waals surface area contributed by atoms with Crippen LogP contribution in [0.2, 0.25) is 0 Å². The van der Waals surface area contributed by atoms with Crippen LogP contribution in [0.25, 0.3) is 0 Å². The third-order valence-electron chi connectivity index (χ3n) is 3.59. The van der Waals surface area contributed by atoms with Gasteiger partial charge in [-0.2, -0.15) is 0 Å². The van der Waals surface area contributed by atoms with Crippen molar-refractivity contribution < 1.29 is 23.2 Å². The monoisotopic (exact) mass is 295 g/mol. The van der Waals surface area contributed by atoms with Crippen molar-refractivity contribution >= 4 is 20.0 Å². The molecule has 0 saturated carbocycles. The lowest BCUT2D eigenvalue weighted by molar-refractivity contribution is 0.00117. The summed E-state index contributed by atoms with van der Waals surface area (Å²) < 4.78 is 17.7. The quantitative estimate of drug-likeness (QED) is 0.769. The van der Waals surface area contributed by atoms with Gasteiger partial charge in [-0.1, -0.05) is 18.2 Å². The highest BCUT2D eigenvalue weighted by atomic mass is 28.4. The second-order valence-electron chi connectivity index (χ2n) is 4.79. The molecule has 3 saturated heterocycles. The lowest BCUT2D eigenvalue weighted by atomic mass is 10.2. The molecular formula is C13H17NO5Si. The van der Waals surface area contributed by atoms with E-state index < -0.39 is 14.8 Å². The van der Waals surface area contributed by atoms with Crippen LogP contribution in [0.3, 0.4) is 0 Å². The highest BCUT2D eigenvalue weighted by Crippen LogP contribution is 2.18. The van der Waals surface area contributed by atoms with E-state index in [0.29, 0.717) is 25.0 Å². The van der Waals surface area contributed by atoms with E-state index in [1.54, 1.807) is 24.3 Å². The smallest absolute Gasteiger partial charge is 0.478 e. The largest absolute Gasteiger partial charge is 0.538 e. The van der Waals surface area contributed by atoms with Crippen LogP contribution in [0.1, 0.15) is 10.4 Å². The molecule has 0 spiro atoms. The maximum atomic E-state index is 11.4. The molecule has 108 valence electrons. The minimum absolute atomic E-state index is 0.206. The Morgan fingerprint density at radius 1 is 1.05 bits per heavy atom. The number of nitrogens with zero attached hydrogens (tertiary/aromatic N) is 1. The van der Waals surface area contributed by atoms with Crippen molar-refractivity contribution in [3.63, 3.8) is 0 Å². The first-order chi connectivity index (χ1) is 9.71. The summed E-state index contributed by atoms with van der Waals surface area (Å²) in [6.07, 6.45) is 0. The summed E-state index contributed by atoms with van der Waals surface area (Å²) in [7, 11) is -3.12. The van der Waals surface area contributed by atoms with E-state index in [9.17, 15) is 9.90 Å². The maximum absolute atomic E-state index is 11.4. The zero-order valence-electron chi connectivity index (χ0n) is 11.1. The summed E-state index contributed by atoms with van der Waals surface area (Å²) in [5, 5.41) is 9.92. The van der Waals surface area contributed by atoms with Crippen molar-refractivity contribution in [1.29, 1.82) is 0 Å². The molecule has 0 aromatic heterocycles. The van der Waals surface area contributed by atoms with Crippen LogP contribution in [0.4, 0.5) is 0 Å². The average molecular weight is 295 g/mol. The minimum Gasteiger partial charge on any atom is -0.478 e. The van der Waals surface area contributed by atoms with Crippen molar-refractivity contribution in [3.8, 4) is 0 Å². The number of carbonyl (C=O) groups is 1. The van der Waals surface area contributed by atoms with Gasteiger partial charge in [0.05, 0.1) is 25.4 Å². The zero-order valence-corrected chi connectivity index (χ0v) is 12.1. The van der Waals surface area contributed by atoms with Crippen LogP contribution in [0.5, 0.6) is 0 Å². The van der Waals surface area contributed by atoms with Crippen molar-refractivity contribution in [2.45, 2.75) is 0 Å². The molecule has 0 unspecified atom stereocenters. The van der Waals surface area contributed by atoms with Crippen LogP contribution in [-0.2, 0) is 13.3 Å². The Balaban J connectivity index is 2.02. The molecule has 0 amide bonds. The van der Waals surface area contributed by atoms with E-state index in [2.05, 4.69) is 4.90 Å². The van der Waals surface area contributed by atoms with Crippen LogP contribution < -0.4 is 5.19 Å². The van der Waals surface area contributed by atoms with E-state index in [1.807, 2.05) is 0 Å². The van der Waals surface area contributed by atoms with Crippen molar-refractivity contribution in [2.75, 3.05) is 39.5 Å². The summed E-state index contributed by atoms with van der Waals surface area (Å²) >= 11 is 0. The molecule has 3 aliphatic heterocycles. The molecular weight excluding hydrogens is 278 g/mol.